The van der Waals surface area contributed by atoms with Crippen molar-refractivity contribution in [1.82, 2.24) is 15.1 Å². The highest BCUT2D eigenvalue weighted by atomic mass is 19.4. The molecule has 2 aromatic rings. The third-order valence-corrected chi connectivity index (χ3v) is 3.32. The van der Waals surface area contributed by atoms with Gasteiger partial charge in [0.1, 0.15) is 6.54 Å². The molecule has 23 heavy (non-hydrogen) atoms. The lowest BCUT2D eigenvalue weighted by Crippen LogP contribution is -2.33. The first-order valence-electron chi connectivity index (χ1n) is 7.20. The Bertz CT molecular complexity index is 675. The molecular formula is C16H18F3N3O. The molecule has 0 saturated carbocycles. The van der Waals surface area contributed by atoms with Gasteiger partial charge >= 0.3 is 6.18 Å². The molecule has 0 aliphatic carbocycles. The van der Waals surface area contributed by atoms with Gasteiger partial charge in [-0.3, -0.25) is 4.79 Å². The standard InChI is InChI=1S/C16H18F3N3O/c1-11-9-12(2)22(21-11)14-6-3-13(4-7-14)5-8-15(23)20-10-16(17,18)19/h3-4,6-7,9H,5,8,10H2,1-2H3,(H,20,23). The number of halogens is 3. The zero-order valence-electron chi connectivity index (χ0n) is 12.9. The largest absolute Gasteiger partial charge is 0.405 e. The number of carbonyl (C=O) groups excluding carboxylic acids is 1. The van der Waals surface area contributed by atoms with Crippen LogP contribution < -0.4 is 5.32 Å². The minimum Gasteiger partial charge on any atom is -0.347 e. The van der Waals surface area contributed by atoms with E-state index >= 15 is 0 Å². The Labute approximate surface area is 132 Å². The maximum Gasteiger partial charge on any atom is 0.405 e. The molecule has 0 saturated heterocycles. The second kappa shape index (κ2) is 6.85. The first-order valence-corrected chi connectivity index (χ1v) is 7.20. The van der Waals surface area contributed by atoms with E-state index in [0.29, 0.717) is 6.42 Å². The summed E-state index contributed by atoms with van der Waals surface area (Å²) in [5.74, 6) is -0.607. The average molecular weight is 325 g/mol. The fraction of sp³-hybridized carbons (Fsp3) is 0.375. The Balaban J connectivity index is 1.90. The number of hydrogen-bond acceptors (Lipinski definition) is 2. The van der Waals surface area contributed by atoms with E-state index in [1.807, 2.05) is 54.2 Å². The fourth-order valence-electron chi connectivity index (χ4n) is 2.24. The Morgan fingerprint density at radius 2 is 1.87 bits per heavy atom. The van der Waals surface area contributed by atoms with E-state index in [2.05, 4.69) is 5.10 Å². The predicted molar refractivity (Wildman–Crippen MR) is 80.4 cm³/mol. The Hall–Kier alpha value is -2.31. The van der Waals surface area contributed by atoms with Crippen LogP contribution in [0.15, 0.2) is 30.3 Å². The summed E-state index contributed by atoms with van der Waals surface area (Å²) in [7, 11) is 0. The van der Waals surface area contributed by atoms with Crippen molar-refractivity contribution in [2.45, 2.75) is 32.9 Å². The van der Waals surface area contributed by atoms with E-state index < -0.39 is 18.6 Å². The van der Waals surface area contributed by atoms with Crippen LogP contribution in [0.5, 0.6) is 0 Å². The van der Waals surface area contributed by atoms with Gasteiger partial charge in [0.25, 0.3) is 0 Å². The number of nitrogens with one attached hydrogen (secondary N) is 1. The van der Waals surface area contributed by atoms with Gasteiger partial charge in [-0.2, -0.15) is 18.3 Å². The van der Waals surface area contributed by atoms with Gasteiger partial charge in [0.2, 0.25) is 5.91 Å². The van der Waals surface area contributed by atoms with Gasteiger partial charge < -0.3 is 5.32 Å². The van der Waals surface area contributed by atoms with Crippen LogP contribution in [0.3, 0.4) is 0 Å². The number of hydrogen-bond donors (Lipinski definition) is 1. The smallest absolute Gasteiger partial charge is 0.347 e. The molecule has 0 aliphatic rings. The number of nitrogens with zero attached hydrogens (tertiary/aromatic N) is 2. The van der Waals surface area contributed by atoms with E-state index in [4.69, 9.17) is 0 Å². The molecule has 1 aromatic heterocycles. The van der Waals surface area contributed by atoms with E-state index in [1.54, 1.807) is 0 Å². The summed E-state index contributed by atoms with van der Waals surface area (Å²) in [6, 6.07) is 9.43. The summed E-state index contributed by atoms with van der Waals surface area (Å²) in [4.78, 5) is 11.4. The number of alkyl halides is 3. The number of aryl methyl sites for hydroxylation is 3. The van der Waals surface area contributed by atoms with E-state index in [9.17, 15) is 18.0 Å². The highest BCUT2D eigenvalue weighted by molar-refractivity contribution is 5.76. The zero-order chi connectivity index (χ0) is 17.0. The van der Waals surface area contributed by atoms with Gasteiger partial charge in [-0.15, -0.1) is 0 Å². The second-order valence-corrected chi connectivity index (χ2v) is 5.40. The average Bonchev–Trinajstić information content (AvgIpc) is 2.81. The van der Waals surface area contributed by atoms with Crippen molar-refractivity contribution in [2.75, 3.05) is 6.54 Å². The minimum absolute atomic E-state index is 0.0231. The number of benzene rings is 1. The van der Waals surface area contributed by atoms with E-state index in [-0.39, 0.29) is 6.42 Å². The summed E-state index contributed by atoms with van der Waals surface area (Å²) in [5.41, 5.74) is 3.73. The SMILES string of the molecule is Cc1cc(C)n(-c2ccc(CCC(=O)NCC(F)(F)F)cc2)n1. The van der Waals surface area contributed by atoms with Crippen LogP contribution in [0.25, 0.3) is 5.69 Å². The lowest BCUT2D eigenvalue weighted by molar-refractivity contribution is -0.138. The van der Waals surface area contributed by atoms with Crippen LogP contribution in [-0.4, -0.2) is 28.4 Å². The van der Waals surface area contributed by atoms with Gasteiger partial charge in [0.05, 0.1) is 11.4 Å². The second-order valence-electron chi connectivity index (χ2n) is 5.40. The van der Waals surface area contributed by atoms with E-state index in [1.165, 1.54) is 0 Å². The highest BCUT2D eigenvalue weighted by Crippen LogP contribution is 2.15. The highest BCUT2D eigenvalue weighted by Gasteiger charge is 2.27. The maximum atomic E-state index is 12.0. The maximum absolute atomic E-state index is 12.0. The molecule has 0 atom stereocenters. The van der Waals surface area contributed by atoms with Gasteiger partial charge in [0.15, 0.2) is 0 Å². The number of aromatic nitrogens is 2. The minimum atomic E-state index is -4.38. The molecule has 2 rings (SSSR count). The molecule has 1 heterocycles. The van der Waals surface area contributed by atoms with Crippen molar-refractivity contribution < 1.29 is 18.0 Å². The van der Waals surface area contributed by atoms with Crippen molar-refractivity contribution in [3.05, 3.63) is 47.3 Å². The van der Waals surface area contributed by atoms with Gasteiger partial charge in [0, 0.05) is 12.1 Å². The Morgan fingerprint density at radius 1 is 1.22 bits per heavy atom. The van der Waals surface area contributed by atoms with Crippen molar-refractivity contribution in [1.29, 1.82) is 0 Å². The van der Waals surface area contributed by atoms with E-state index in [0.717, 1.165) is 22.6 Å². The van der Waals surface area contributed by atoms with Gasteiger partial charge in [-0.1, -0.05) is 12.1 Å². The molecule has 0 fully saturated rings. The molecule has 0 unspecified atom stereocenters. The summed E-state index contributed by atoms with van der Waals surface area (Å²) in [5, 5.41) is 6.24. The quantitative estimate of drug-likeness (QED) is 0.918. The van der Waals surface area contributed by atoms with Crippen LogP contribution >= 0.6 is 0 Å². The van der Waals surface area contributed by atoms with Crippen LogP contribution in [0.4, 0.5) is 13.2 Å². The van der Waals surface area contributed by atoms with Crippen LogP contribution in [0.2, 0.25) is 0 Å². The van der Waals surface area contributed by atoms with Crippen LogP contribution in [0, 0.1) is 13.8 Å². The molecule has 0 aliphatic heterocycles. The molecular weight excluding hydrogens is 307 g/mol. The summed E-state index contributed by atoms with van der Waals surface area (Å²) >= 11 is 0. The first-order chi connectivity index (χ1) is 10.7. The van der Waals surface area contributed by atoms with Gasteiger partial charge in [-0.25, -0.2) is 4.68 Å². The van der Waals surface area contributed by atoms with Crippen molar-refractivity contribution >= 4 is 5.91 Å². The fourth-order valence-corrected chi connectivity index (χ4v) is 2.24. The number of rotatable bonds is 5. The topological polar surface area (TPSA) is 46.9 Å². The first kappa shape index (κ1) is 17.1. The molecule has 4 nitrogen and oxygen atoms in total. The Kier molecular flexibility index (Phi) is 5.08. The zero-order valence-corrected chi connectivity index (χ0v) is 12.9. The normalized spacial score (nSPS) is 11.5. The molecule has 124 valence electrons. The third-order valence-electron chi connectivity index (χ3n) is 3.32. The summed E-state index contributed by atoms with van der Waals surface area (Å²) < 4.78 is 37.8. The molecule has 0 radical (unpaired) electrons. The molecule has 0 bridgehead atoms. The van der Waals surface area contributed by atoms with Gasteiger partial charge in [-0.05, 0) is 44.0 Å². The molecule has 0 spiro atoms. The third kappa shape index (κ3) is 5.12. The number of amides is 1. The van der Waals surface area contributed by atoms with Crippen LogP contribution in [-0.2, 0) is 11.2 Å². The predicted octanol–water partition coefficient (Wildman–Crippen LogP) is 3.10. The Morgan fingerprint density at radius 3 is 2.39 bits per heavy atom. The molecule has 1 N–H and O–H groups in total. The van der Waals surface area contributed by atoms with Crippen molar-refractivity contribution in [3.8, 4) is 5.69 Å². The molecule has 1 aromatic carbocycles. The van der Waals surface area contributed by atoms with Crippen molar-refractivity contribution in [3.63, 3.8) is 0 Å². The molecule has 1 amide bonds. The summed E-state index contributed by atoms with van der Waals surface area (Å²) in [6.45, 7) is 2.58. The lowest BCUT2D eigenvalue weighted by Gasteiger charge is -2.09. The van der Waals surface area contributed by atoms with Crippen LogP contribution in [0.1, 0.15) is 23.4 Å². The molecule has 7 heteroatoms. The number of carbonyl (C=O) groups is 1. The monoisotopic (exact) mass is 325 g/mol. The lowest BCUT2D eigenvalue weighted by atomic mass is 10.1. The summed E-state index contributed by atoms with van der Waals surface area (Å²) in [6.07, 6.45) is -3.96. The van der Waals surface area contributed by atoms with Crippen molar-refractivity contribution in [2.24, 2.45) is 0 Å².